The lowest BCUT2D eigenvalue weighted by atomic mass is 10.1. The maximum atomic E-state index is 12.0. The van der Waals surface area contributed by atoms with Gasteiger partial charge in [0.2, 0.25) is 5.91 Å². The van der Waals surface area contributed by atoms with Gasteiger partial charge in [0.15, 0.2) is 0 Å². The smallest absolute Gasteiger partial charge is 0.410 e. The van der Waals surface area contributed by atoms with E-state index in [1.807, 2.05) is 30.3 Å². The molecule has 1 atom stereocenters. The van der Waals surface area contributed by atoms with Gasteiger partial charge in [0.05, 0.1) is 0 Å². The van der Waals surface area contributed by atoms with E-state index in [0.717, 1.165) is 12.0 Å². The molecule has 0 aromatic heterocycles. The summed E-state index contributed by atoms with van der Waals surface area (Å²) in [6.45, 7) is 0.473. The molecule has 2 aromatic rings. The number of hydrogen-bond acceptors (Lipinski definition) is 3. The van der Waals surface area contributed by atoms with Gasteiger partial charge in [-0.1, -0.05) is 42.5 Å². The van der Waals surface area contributed by atoms with Gasteiger partial charge >= 0.3 is 6.09 Å². The van der Waals surface area contributed by atoms with Crippen LogP contribution in [0.25, 0.3) is 0 Å². The Balaban J connectivity index is 1.59. The van der Waals surface area contributed by atoms with Crippen LogP contribution in [0.2, 0.25) is 0 Å². The topological polar surface area (TPSA) is 58.6 Å². The Hall–Kier alpha value is -2.82. The van der Waals surface area contributed by atoms with E-state index >= 15 is 0 Å². The summed E-state index contributed by atoms with van der Waals surface area (Å²) in [7, 11) is 1.56. The van der Waals surface area contributed by atoms with E-state index in [1.165, 1.54) is 10.5 Å². The quantitative estimate of drug-likeness (QED) is 0.881. The number of ether oxygens (including phenoxy) is 1. The second kappa shape index (κ2) is 6.52. The molecule has 23 heavy (non-hydrogen) atoms. The van der Waals surface area contributed by atoms with Gasteiger partial charge in [0.25, 0.3) is 0 Å². The number of nitrogens with one attached hydrogen (secondary N) is 1. The third kappa shape index (κ3) is 3.51. The van der Waals surface area contributed by atoms with Crippen molar-refractivity contribution >= 4 is 12.0 Å². The third-order valence-electron chi connectivity index (χ3n) is 3.91. The molecule has 1 aliphatic rings. The Morgan fingerprint density at radius 2 is 1.78 bits per heavy atom. The van der Waals surface area contributed by atoms with E-state index in [-0.39, 0.29) is 5.91 Å². The maximum Gasteiger partial charge on any atom is 0.415 e. The molecule has 1 heterocycles. The van der Waals surface area contributed by atoms with Crippen molar-refractivity contribution in [3.63, 3.8) is 0 Å². The van der Waals surface area contributed by atoms with E-state index in [2.05, 4.69) is 17.4 Å². The van der Waals surface area contributed by atoms with Crippen molar-refractivity contribution in [2.75, 3.05) is 13.6 Å². The molecule has 1 aliphatic heterocycles. The number of carbonyl (C=O) groups is 2. The van der Waals surface area contributed by atoms with E-state index in [0.29, 0.717) is 12.3 Å². The molecule has 2 amide bonds. The molecule has 1 saturated heterocycles. The molecular formula is C18H18N2O3. The molecule has 118 valence electrons. The molecule has 5 nitrogen and oxygen atoms in total. The predicted octanol–water partition coefficient (Wildman–Crippen LogP) is 2.21. The summed E-state index contributed by atoms with van der Waals surface area (Å²) in [5.41, 5.74) is 2.37. The summed E-state index contributed by atoms with van der Waals surface area (Å²) >= 11 is 0. The van der Waals surface area contributed by atoms with Gasteiger partial charge in [-0.25, -0.2) is 4.79 Å². The van der Waals surface area contributed by atoms with Crippen molar-refractivity contribution in [2.45, 2.75) is 12.5 Å². The van der Waals surface area contributed by atoms with E-state index in [1.54, 1.807) is 19.2 Å². The zero-order valence-electron chi connectivity index (χ0n) is 12.9. The largest absolute Gasteiger partial charge is 0.415 e. The van der Waals surface area contributed by atoms with Crippen LogP contribution in [0.3, 0.4) is 0 Å². The Morgan fingerprint density at radius 1 is 1.13 bits per heavy atom. The van der Waals surface area contributed by atoms with Crippen LogP contribution in [0, 0.1) is 0 Å². The number of β-lactam (4-membered cyclic amide) rings is 1. The van der Waals surface area contributed by atoms with Crippen molar-refractivity contribution < 1.29 is 14.3 Å². The van der Waals surface area contributed by atoms with Crippen molar-refractivity contribution in [1.82, 2.24) is 10.2 Å². The number of carbonyl (C=O) groups excluding carboxylic acids is 2. The first-order valence-corrected chi connectivity index (χ1v) is 7.49. The molecule has 5 heteroatoms. The van der Waals surface area contributed by atoms with Gasteiger partial charge in [-0.05, 0) is 29.7 Å². The molecule has 1 N–H and O–H groups in total. The predicted molar refractivity (Wildman–Crippen MR) is 86.3 cm³/mol. The first-order chi connectivity index (χ1) is 11.1. The molecule has 0 saturated carbocycles. The molecule has 0 bridgehead atoms. The lowest BCUT2D eigenvalue weighted by Crippen LogP contribution is -2.62. The first kappa shape index (κ1) is 15.1. The fraction of sp³-hybridized carbons (Fsp3) is 0.222. The third-order valence-corrected chi connectivity index (χ3v) is 3.91. The van der Waals surface area contributed by atoms with Crippen LogP contribution < -0.4 is 10.1 Å². The summed E-state index contributed by atoms with van der Waals surface area (Å²) in [6, 6.07) is 17.1. The lowest BCUT2D eigenvalue weighted by Gasteiger charge is -2.33. The number of benzene rings is 2. The fourth-order valence-electron chi connectivity index (χ4n) is 2.40. The van der Waals surface area contributed by atoms with Gasteiger partial charge in [-0.15, -0.1) is 0 Å². The normalized spacial score (nSPS) is 16.2. The van der Waals surface area contributed by atoms with Crippen molar-refractivity contribution in [1.29, 1.82) is 0 Å². The monoisotopic (exact) mass is 310 g/mol. The zero-order valence-corrected chi connectivity index (χ0v) is 12.9. The van der Waals surface area contributed by atoms with Crippen LogP contribution in [0.1, 0.15) is 11.1 Å². The van der Waals surface area contributed by atoms with E-state index in [4.69, 9.17) is 4.74 Å². The Labute approximate surface area is 134 Å². The molecule has 0 unspecified atom stereocenters. The van der Waals surface area contributed by atoms with Crippen molar-refractivity contribution in [3.8, 4) is 5.75 Å². The minimum atomic E-state index is -0.527. The van der Waals surface area contributed by atoms with Crippen molar-refractivity contribution in [2.24, 2.45) is 0 Å². The van der Waals surface area contributed by atoms with Crippen molar-refractivity contribution in [3.05, 3.63) is 65.7 Å². The van der Waals surface area contributed by atoms with Gasteiger partial charge in [-0.2, -0.15) is 0 Å². The fourth-order valence-corrected chi connectivity index (χ4v) is 2.40. The molecule has 2 aromatic carbocycles. The van der Waals surface area contributed by atoms with Gasteiger partial charge in [0, 0.05) is 13.6 Å². The summed E-state index contributed by atoms with van der Waals surface area (Å²) < 4.78 is 5.29. The second-order valence-corrected chi connectivity index (χ2v) is 5.55. The van der Waals surface area contributed by atoms with Crippen LogP contribution >= 0.6 is 0 Å². The average Bonchev–Trinajstić information content (AvgIpc) is 2.56. The molecule has 0 spiro atoms. The Kier molecular flexibility index (Phi) is 4.28. The van der Waals surface area contributed by atoms with Crippen LogP contribution in [0.4, 0.5) is 4.79 Å². The maximum absolute atomic E-state index is 12.0. The highest BCUT2D eigenvalue weighted by atomic mass is 16.6. The van der Waals surface area contributed by atoms with Gasteiger partial charge < -0.3 is 10.1 Å². The molecule has 1 fully saturated rings. The first-order valence-electron chi connectivity index (χ1n) is 7.49. The van der Waals surface area contributed by atoms with Crippen LogP contribution in [0.15, 0.2) is 54.6 Å². The van der Waals surface area contributed by atoms with Gasteiger partial charge in [0.1, 0.15) is 11.8 Å². The number of amides is 2. The highest BCUT2D eigenvalue weighted by Gasteiger charge is 2.35. The summed E-state index contributed by atoms with van der Waals surface area (Å²) in [6.07, 6.45) is 0.303. The molecule has 0 aliphatic carbocycles. The Bertz CT molecular complexity index is 698. The minimum absolute atomic E-state index is 0.150. The number of hydrogen-bond donors (Lipinski definition) is 1. The summed E-state index contributed by atoms with van der Waals surface area (Å²) in [5, 5.41) is 2.60. The SMILES string of the molecule is CN(C(=O)Oc1ccc(Cc2ccccc2)cc1)[C@H]1CNC1=O. The standard InChI is InChI=1S/C18H18N2O3/c1-20(16-12-19-17(16)21)18(22)23-15-9-7-14(8-10-15)11-13-5-3-2-4-6-13/h2-10,16H,11-12H2,1H3,(H,19,21)/t16-/m0/s1. The van der Waals surface area contributed by atoms with E-state index in [9.17, 15) is 9.59 Å². The average molecular weight is 310 g/mol. The summed E-state index contributed by atoms with van der Waals surface area (Å²) in [4.78, 5) is 24.6. The van der Waals surface area contributed by atoms with Crippen LogP contribution in [-0.4, -0.2) is 36.5 Å². The highest BCUT2D eigenvalue weighted by Crippen LogP contribution is 2.17. The lowest BCUT2D eigenvalue weighted by molar-refractivity contribution is -0.131. The Morgan fingerprint density at radius 3 is 2.35 bits per heavy atom. The van der Waals surface area contributed by atoms with E-state index < -0.39 is 12.1 Å². The number of likely N-dealkylation sites (N-methyl/N-ethyl adjacent to an activating group) is 1. The number of nitrogens with zero attached hydrogens (tertiary/aromatic N) is 1. The number of rotatable bonds is 4. The van der Waals surface area contributed by atoms with Gasteiger partial charge in [-0.3, -0.25) is 9.69 Å². The molecule has 0 radical (unpaired) electrons. The zero-order chi connectivity index (χ0) is 16.2. The molecule has 3 rings (SSSR count). The summed E-state index contributed by atoms with van der Waals surface area (Å²) in [5.74, 6) is 0.320. The van der Waals surface area contributed by atoms with Crippen LogP contribution in [-0.2, 0) is 11.2 Å². The van der Waals surface area contributed by atoms with Crippen LogP contribution in [0.5, 0.6) is 5.75 Å². The second-order valence-electron chi connectivity index (χ2n) is 5.55. The highest BCUT2D eigenvalue weighted by molar-refractivity contribution is 5.91. The molecular weight excluding hydrogens is 292 g/mol. The minimum Gasteiger partial charge on any atom is -0.410 e.